The molecule has 12 heteroatoms. The molecular formula is C23H35N5O7. The fourth-order valence-corrected chi connectivity index (χ4v) is 3.12. The number of carboxylic acid groups (broad SMARTS) is 1. The second-order valence-electron chi connectivity index (χ2n) is 8.48. The summed E-state index contributed by atoms with van der Waals surface area (Å²) in [6.45, 7) is 4.94. The normalized spacial score (nSPS) is 15.1. The zero-order valence-electron chi connectivity index (χ0n) is 20.1. The Balaban J connectivity index is 2.84. The van der Waals surface area contributed by atoms with Crippen molar-refractivity contribution in [2.75, 3.05) is 0 Å². The number of nitrogens with one attached hydrogen (secondary N) is 3. The highest BCUT2D eigenvalue weighted by Crippen LogP contribution is 2.13. The lowest BCUT2D eigenvalue weighted by atomic mass is 9.97. The number of aliphatic carboxylic acids is 1. The van der Waals surface area contributed by atoms with Gasteiger partial charge in [0.1, 0.15) is 23.9 Å². The Bertz CT molecular complexity index is 906. The summed E-state index contributed by atoms with van der Waals surface area (Å²) >= 11 is 0. The summed E-state index contributed by atoms with van der Waals surface area (Å²) in [7, 11) is 0. The van der Waals surface area contributed by atoms with E-state index in [1.54, 1.807) is 19.1 Å². The zero-order chi connectivity index (χ0) is 26.7. The van der Waals surface area contributed by atoms with Gasteiger partial charge in [0, 0.05) is 12.8 Å². The summed E-state index contributed by atoms with van der Waals surface area (Å²) in [5.74, 6) is -4.18. The number of hydrogen-bond donors (Lipinski definition) is 7. The Morgan fingerprint density at radius 2 is 1.54 bits per heavy atom. The largest absolute Gasteiger partial charge is 0.508 e. The van der Waals surface area contributed by atoms with E-state index in [1.807, 2.05) is 6.92 Å². The first-order valence-corrected chi connectivity index (χ1v) is 11.3. The SMILES string of the molecule is CCC(C)C(NC(=O)C(C)NC(=O)C(N)CCC(N)=O)C(=O)NC(Cc1ccc(O)cc1)C(=O)O. The number of carbonyl (C=O) groups excluding carboxylic acids is 4. The van der Waals surface area contributed by atoms with E-state index in [0.717, 1.165) is 0 Å². The minimum atomic E-state index is -1.27. The van der Waals surface area contributed by atoms with E-state index in [2.05, 4.69) is 16.0 Å². The van der Waals surface area contributed by atoms with Crippen molar-refractivity contribution >= 4 is 29.6 Å². The van der Waals surface area contributed by atoms with Crippen LogP contribution in [-0.2, 0) is 30.4 Å². The lowest BCUT2D eigenvalue weighted by Crippen LogP contribution is -2.58. The molecule has 1 rings (SSSR count). The Morgan fingerprint density at radius 3 is 2.06 bits per heavy atom. The summed E-state index contributed by atoms with van der Waals surface area (Å²) in [5.41, 5.74) is 11.3. The van der Waals surface area contributed by atoms with Crippen LogP contribution in [0.15, 0.2) is 24.3 Å². The molecular weight excluding hydrogens is 458 g/mol. The minimum absolute atomic E-state index is 0.0189. The Hall–Kier alpha value is -3.67. The first-order chi connectivity index (χ1) is 16.3. The van der Waals surface area contributed by atoms with Crippen molar-refractivity contribution in [3.63, 3.8) is 0 Å². The van der Waals surface area contributed by atoms with E-state index in [1.165, 1.54) is 19.1 Å². The fraction of sp³-hybridized carbons (Fsp3) is 0.522. The van der Waals surface area contributed by atoms with Crippen molar-refractivity contribution in [3.05, 3.63) is 29.8 Å². The molecule has 0 saturated heterocycles. The summed E-state index contributed by atoms with van der Waals surface area (Å²) < 4.78 is 0. The van der Waals surface area contributed by atoms with Gasteiger partial charge in [-0.2, -0.15) is 0 Å². The van der Waals surface area contributed by atoms with Gasteiger partial charge in [0.05, 0.1) is 6.04 Å². The van der Waals surface area contributed by atoms with Gasteiger partial charge < -0.3 is 37.6 Å². The molecule has 0 heterocycles. The standard InChI is InChI=1S/C23H35N5O7/c1-4-12(2)19(28-20(31)13(3)26-21(32)16(24)9-10-18(25)30)22(33)27-17(23(34)35)11-14-5-7-15(29)8-6-14/h5-8,12-13,16-17,19,29H,4,9-11,24H2,1-3H3,(H2,25,30)(H,26,32)(H,27,33)(H,28,31)(H,34,35). The number of carboxylic acids is 1. The minimum Gasteiger partial charge on any atom is -0.508 e. The highest BCUT2D eigenvalue weighted by atomic mass is 16.4. The van der Waals surface area contributed by atoms with Gasteiger partial charge in [-0.1, -0.05) is 32.4 Å². The maximum absolute atomic E-state index is 13.0. The Labute approximate surface area is 203 Å². The first-order valence-electron chi connectivity index (χ1n) is 11.3. The van der Waals surface area contributed by atoms with Gasteiger partial charge in [0.2, 0.25) is 23.6 Å². The molecule has 0 bridgehead atoms. The van der Waals surface area contributed by atoms with Gasteiger partial charge in [-0.25, -0.2) is 4.79 Å². The van der Waals surface area contributed by atoms with E-state index in [9.17, 15) is 34.2 Å². The third kappa shape index (κ3) is 10.0. The predicted molar refractivity (Wildman–Crippen MR) is 127 cm³/mol. The van der Waals surface area contributed by atoms with E-state index in [0.29, 0.717) is 12.0 Å². The maximum Gasteiger partial charge on any atom is 0.326 e. The predicted octanol–water partition coefficient (Wildman–Crippen LogP) is -0.867. The molecule has 0 spiro atoms. The first kappa shape index (κ1) is 29.4. The Morgan fingerprint density at radius 1 is 0.943 bits per heavy atom. The second kappa shape index (κ2) is 13.9. The number of rotatable bonds is 14. The monoisotopic (exact) mass is 493 g/mol. The van der Waals surface area contributed by atoms with Gasteiger partial charge in [0.15, 0.2) is 0 Å². The van der Waals surface area contributed by atoms with Crippen molar-refractivity contribution < 1.29 is 34.2 Å². The molecule has 0 aliphatic heterocycles. The summed E-state index contributed by atoms with van der Waals surface area (Å²) in [6, 6.07) is 1.50. The topological polar surface area (TPSA) is 214 Å². The molecule has 1 aromatic carbocycles. The van der Waals surface area contributed by atoms with Gasteiger partial charge in [0.25, 0.3) is 0 Å². The highest BCUT2D eigenvalue weighted by molar-refractivity contribution is 5.94. The van der Waals surface area contributed by atoms with Gasteiger partial charge in [-0.3, -0.25) is 19.2 Å². The van der Waals surface area contributed by atoms with Gasteiger partial charge in [-0.05, 0) is 37.0 Å². The smallest absolute Gasteiger partial charge is 0.326 e. The van der Waals surface area contributed by atoms with Crippen LogP contribution in [0.1, 0.15) is 45.6 Å². The lowest BCUT2D eigenvalue weighted by Gasteiger charge is -2.27. The van der Waals surface area contributed by atoms with Crippen LogP contribution < -0.4 is 27.4 Å². The van der Waals surface area contributed by atoms with Crippen LogP contribution in [0.2, 0.25) is 0 Å². The Kier molecular flexibility index (Phi) is 11.7. The van der Waals surface area contributed by atoms with Crippen molar-refractivity contribution in [3.8, 4) is 5.75 Å². The quantitative estimate of drug-likeness (QED) is 0.172. The number of nitrogens with two attached hydrogens (primary N) is 2. The van der Waals surface area contributed by atoms with Crippen LogP contribution in [0, 0.1) is 5.92 Å². The maximum atomic E-state index is 13.0. The summed E-state index contributed by atoms with van der Waals surface area (Å²) in [4.78, 5) is 60.4. The zero-order valence-corrected chi connectivity index (χ0v) is 20.1. The molecule has 0 aliphatic rings. The van der Waals surface area contributed by atoms with Crippen LogP contribution in [0.4, 0.5) is 0 Å². The van der Waals surface area contributed by atoms with E-state index >= 15 is 0 Å². The molecule has 5 unspecified atom stereocenters. The van der Waals surface area contributed by atoms with Crippen LogP contribution >= 0.6 is 0 Å². The van der Waals surface area contributed by atoms with E-state index in [4.69, 9.17) is 11.5 Å². The molecule has 4 amide bonds. The van der Waals surface area contributed by atoms with Crippen LogP contribution in [0.5, 0.6) is 5.75 Å². The number of benzene rings is 1. The van der Waals surface area contributed by atoms with Crippen LogP contribution in [0.25, 0.3) is 0 Å². The second-order valence-corrected chi connectivity index (χ2v) is 8.48. The van der Waals surface area contributed by atoms with Crippen molar-refractivity contribution in [2.45, 2.75) is 70.6 Å². The molecule has 0 radical (unpaired) electrons. The molecule has 194 valence electrons. The summed E-state index contributed by atoms with van der Waals surface area (Å²) in [5, 5.41) is 26.4. The number of amides is 4. The molecule has 35 heavy (non-hydrogen) atoms. The molecule has 5 atom stereocenters. The molecule has 1 aromatic rings. The number of phenolic OH excluding ortho intramolecular Hbond substituents is 1. The molecule has 12 nitrogen and oxygen atoms in total. The van der Waals surface area contributed by atoms with E-state index in [-0.39, 0.29) is 30.9 Å². The average molecular weight is 494 g/mol. The lowest BCUT2D eigenvalue weighted by molar-refractivity contribution is -0.142. The van der Waals surface area contributed by atoms with Crippen LogP contribution in [-0.4, -0.2) is 64.0 Å². The highest BCUT2D eigenvalue weighted by Gasteiger charge is 2.31. The number of phenols is 1. The van der Waals surface area contributed by atoms with Crippen molar-refractivity contribution in [2.24, 2.45) is 17.4 Å². The van der Waals surface area contributed by atoms with Crippen molar-refractivity contribution in [1.29, 1.82) is 0 Å². The van der Waals surface area contributed by atoms with Crippen molar-refractivity contribution in [1.82, 2.24) is 16.0 Å². The third-order valence-electron chi connectivity index (χ3n) is 5.57. The fourth-order valence-electron chi connectivity index (χ4n) is 3.12. The molecule has 0 aliphatic carbocycles. The number of hydrogen-bond acceptors (Lipinski definition) is 7. The van der Waals surface area contributed by atoms with Gasteiger partial charge in [-0.15, -0.1) is 0 Å². The summed E-state index contributed by atoms with van der Waals surface area (Å²) in [6.07, 6.45) is 0.413. The van der Waals surface area contributed by atoms with Gasteiger partial charge >= 0.3 is 5.97 Å². The molecule has 0 saturated carbocycles. The average Bonchev–Trinajstić information content (AvgIpc) is 2.80. The number of primary amides is 1. The molecule has 9 N–H and O–H groups in total. The molecule has 0 fully saturated rings. The number of carbonyl (C=O) groups is 5. The number of aromatic hydroxyl groups is 1. The van der Waals surface area contributed by atoms with Crippen LogP contribution in [0.3, 0.4) is 0 Å². The molecule has 0 aromatic heterocycles. The van der Waals surface area contributed by atoms with E-state index < -0.39 is 53.8 Å². The third-order valence-corrected chi connectivity index (χ3v) is 5.57.